The monoisotopic (exact) mass is 307 g/mol. The number of carbonyl (C=O) groups is 2. The molecule has 0 aromatic carbocycles. The third-order valence-electron chi connectivity index (χ3n) is 4.68. The van der Waals surface area contributed by atoms with Crippen LogP contribution in [-0.2, 0) is 11.3 Å². The first kappa shape index (κ1) is 16.5. The van der Waals surface area contributed by atoms with Crippen LogP contribution < -0.4 is 0 Å². The molecule has 6 nitrogen and oxygen atoms in total. The number of likely N-dealkylation sites (tertiary alicyclic amines) is 1. The van der Waals surface area contributed by atoms with Crippen molar-refractivity contribution in [3.63, 3.8) is 0 Å². The predicted octanol–water partition coefficient (Wildman–Crippen LogP) is 1.35. The second-order valence-corrected chi connectivity index (χ2v) is 6.19. The number of hydrogen-bond donors (Lipinski definition) is 1. The smallest absolute Gasteiger partial charge is 0.326 e. The molecule has 0 saturated carbocycles. The maximum atomic E-state index is 12.9. The third kappa shape index (κ3) is 2.75. The van der Waals surface area contributed by atoms with E-state index in [1.165, 1.54) is 4.90 Å². The van der Waals surface area contributed by atoms with Crippen molar-refractivity contribution in [1.82, 2.24) is 14.4 Å². The van der Waals surface area contributed by atoms with Crippen molar-refractivity contribution < 1.29 is 14.7 Å². The first-order chi connectivity index (χ1) is 10.3. The normalized spacial score (nSPS) is 21.6. The van der Waals surface area contributed by atoms with Gasteiger partial charge in [0.2, 0.25) is 0 Å². The summed E-state index contributed by atoms with van der Waals surface area (Å²) in [5, 5.41) is 9.44. The van der Waals surface area contributed by atoms with Crippen molar-refractivity contribution in [3.05, 3.63) is 23.0 Å². The van der Waals surface area contributed by atoms with Crippen LogP contribution in [0, 0.1) is 13.8 Å². The van der Waals surface area contributed by atoms with Crippen LogP contribution in [0.5, 0.6) is 0 Å². The van der Waals surface area contributed by atoms with E-state index in [1.54, 1.807) is 0 Å². The molecule has 0 aliphatic carbocycles. The van der Waals surface area contributed by atoms with E-state index < -0.39 is 12.0 Å². The van der Waals surface area contributed by atoms with Crippen molar-refractivity contribution in [2.24, 2.45) is 0 Å². The number of aromatic nitrogens is 1. The lowest BCUT2D eigenvalue weighted by Crippen LogP contribution is -2.41. The molecule has 1 saturated heterocycles. The average Bonchev–Trinajstić information content (AvgIpc) is 3.00. The van der Waals surface area contributed by atoms with Crippen LogP contribution in [0.4, 0.5) is 0 Å². The molecule has 1 aromatic rings. The Morgan fingerprint density at radius 3 is 2.45 bits per heavy atom. The molecule has 1 amide bonds. The van der Waals surface area contributed by atoms with Crippen LogP contribution >= 0.6 is 0 Å². The van der Waals surface area contributed by atoms with Crippen LogP contribution in [0.2, 0.25) is 0 Å². The van der Waals surface area contributed by atoms with Crippen molar-refractivity contribution in [2.75, 3.05) is 20.6 Å². The zero-order valence-corrected chi connectivity index (χ0v) is 14.0. The number of nitrogens with zero attached hydrogens (tertiary/aromatic N) is 3. The number of rotatable bonds is 4. The van der Waals surface area contributed by atoms with Crippen molar-refractivity contribution in [3.8, 4) is 0 Å². The molecule has 0 spiro atoms. The first-order valence-corrected chi connectivity index (χ1v) is 7.64. The zero-order valence-electron chi connectivity index (χ0n) is 14.0. The predicted molar refractivity (Wildman–Crippen MR) is 84.1 cm³/mol. The largest absolute Gasteiger partial charge is 0.480 e. The minimum absolute atomic E-state index is 0.0831. The maximum absolute atomic E-state index is 12.9. The summed E-state index contributed by atoms with van der Waals surface area (Å²) in [6, 6.07) is 1.20. The Hall–Kier alpha value is -1.82. The van der Waals surface area contributed by atoms with Gasteiger partial charge < -0.3 is 19.5 Å². The summed E-state index contributed by atoms with van der Waals surface area (Å²) in [5.74, 6) is -1.11. The van der Waals surface area contributed by atoms with Gasteiger partial charge in [-0.3, -0.25) is 4.79 Å². The second kappa shape index (κ2) is 6.12. The number of carboxylic acids is 1. The first-order valence-electron chi connectivity index (χ1n) is 7.64. The molecule has 2 rings (SSSR count). The van der Waals surface area contributed by atoms with E-state index in [9.17, 15) is 14.7 Å². The Bertz CT molecular complexity index is 592. The van der Waals surface area contributed by atoms with E-state index >= 15 is 0 Å². The number of carboxylic acid groups (broad SMARTS) is 1. The van der Waals surface area contributed by atoms with Gasteiger partial charge in [0.05, 0.1) is 5.56 Å². The van der Waals surface area contributed by atoms with Gasteiger partial charge in [-0.1, -0.05) is 0 Å². The standard InChI is InChI=1S/C16H25N3O3/c1-6-18-10(2)7-13(11(18)3)15(20)19-9-12(17(4)5)8-14(19)16(21)22/h7,12,14H,6,8-9H2,1-5H3,(H,21,22)/t12-,14+/m1/s1. The summed E-state index contributed by atoms with van der Waals surface area (Å²) in [4.78, 5) is 27.9. The third-order valence-corrected chi connectivity index (χ3v) is 4.68. The molecule has 1 aromatic heterocycles. The van der Waals surface area contributed by atoms with Gasteiger partial charge in [0.25, 0.3) is 5.91 Å². The second-order valence-electron chi connectivity index (χ2n) is 6.19. The molecule has 6 heteroatoms. The molecule has 22 heavy (non-hydrogen) atoms. The minimum atomic E-state index is -0.929. The van der Waals surface area contributed by atoms with Gasteiger partial charge in [-0.15, -0.1) is 0 Å². The Kier molecular flexibility index (Phi) is 4.60. The number of hydrogen-bond acceptors (Lipinski definition) is 3. The topological polar surface area (TPSA) is 65.8 Å². The minimum Gasteiger partial charge on any atom is -0.480 e. The highest BCUT2D eigenvalue weighted by Crippen LogP contribution is 2.25. The van der Waals surface area contributed by atoms with E-state index in [4.69, 9.17) is 0 Å². The van der Waals surface area contributed by atoms with Gasteiger partial charge in [0.15, 0.2) is 0 Å². The van der Waals surface area contributed by atoms with Crippen LogP contribution in [0.3, 0.4) is 0 Å². The summed E-state index contributed by atoms with van der Waals surface area (Å²) in [6.07, 6.45) is 0.473. The number of aryl methyl sites for hydroxylation is 1. The SMILES string of the molecule is CCn1c(C)cc(C(=O)N2C[C@H](N(C)C)C[C@H]2C(=O)O)c1C. The van der Waals surface area contributed by atoms with Gasteiger partial charge in [0.1, 0.15) is 6.04 Å². The van der Waals surface area contributed by atoms with Gasteiger partial charge in [-0.05, 0) is 47.4 Å². The Morgan fingerprint density at radius 2 is 2.00 bits per heavy atom. The lowest BCUT2D eigenvalue weighted by atomic mass is 10.1. The molecule has 1 fully saturated rings. The molecular weight excluding hydrogens is 282 g/mol. The van der Waals surface area contributed by atoms with Gasteiger partial charge in [-0.25, -0.2) is 4.79 Å². The Balaban J connectivity index is 2.33. The molecule has 122 valence electrons. The fourth-order valence-corrected chi connectivity index (χ4v) is 3.31. The van der Waals surface area contributed by atoms with Crippen LogP contribution in [0.25, 0.3) is 0 Å². The summed E-state index contributed by atoms with van der Waals surface area (Å²) in [7, 11) is 3.83. The summed E-state index contributed by atoms with van der Waals surface area (Å²) >= 11 is 0. The number of carbonyl (C=O) groups excluding carboxylic acids is 1. The highest BCUT2D eigenvalue weighted by atomic mass is 16.4. The van der Waals surface area contributed by atoms with Crippen molar-refractivity contribution >= 4 is 11.9 Å². The molecule has 2 atom stereocenters. The molecular formula is C16H25N3O3. The van der Waals surface area contributed by atoms with Crippen molar-refractivity contribution in [1.29, 1.82) is 0 Å². The molecule has 1 aliphatic rings. The Morgan fingerprint density at radius 1 is 1.36 bits per heavy atom. The summed E-state index contributed by atoms with van der Waals surface area (Å²) in [6.45, 7) is 7.17. The lowest BCUT2D eigenvalue weighted by molar-refractivity contribution is -0.141. The number of aliphatic carboxylic acids is 1. The summed E-state index contributed by atoms with van der Waals surface area (Å²) in [5.41, 5.74) is 2.55. The molecule has 2 heterocycles. The molecule has 0 radical (unpaired) electrons. The zero-order chi connectivity index (χ0) is 16.6. The fraction of sp³-hybridized carbons (Fsp3) is 0.625. The molecule has 0 unspecified atom stereocenters. The maximum Gasteiger partial charge on any atom is 0.326 e. The Labute approximate surface area is 131 Å². The van der Waals surface area contributed by atoms with Crippen LogP contribution in [0.1, 0.15) is 35.1 Å². The van der Waals surface area contributed by atoms with E-state index in [2.05, 4.69) is 4.57 Å². The van der Waals surface area contributed by atoms with Crippen LogP contribution in [-0.4, -0.2) is 64.1 Å². The van der Waals surface area contributed by atoms with E-state index in [0.717, 1.165) is 17.9 Å². The quantitative estimate of drug-likeness (QED) is 0.912. The lowest BCUT2D eigenvalue weighted by Gasteiger charge is -2.22. The molecule has 0 bridgehead atoms. The van der Waals surface area contributed by atoms with E-state index in [1.807, 2.05) is 45.8 Å². The molecule has 1 aliphatic heterocycles. The number of amides is 1. The molecule has 1 N–H and O–H groups in total. The highest BCUT2D eigenvalue weighted by Gasteiger charge is 2.41. The average molecular weight is 307 g/mol. The summed E-state index contributed by atoms with van der Waals surface area (Å²) < 4.78 is 2.07. The van der Waals surface area contributed by atoms with E-state index in [-0.39, 0.29) is 11.9 Å². The fourth-order valence-electron chi connectivity index (χ4n) is 3.31. The van der Waals surface area contributed by atoms with E-state index in [0.29, 0.717) is 18.5 Å². The van der Waals surface area contributed by atoms with Crippen molar-refractivity contribution in [2.45, 2.75) is 45.8 Å². The number of likely N-dealkylation sites (N-methyl/N-ethyl adjacent to an activating group) is 1. The van der Waals surface area contributed by atoms with Gasteiger partial charge in [0, 0.05) is 30.5 Å². The van der Waals surface area contributed by atoms with Gasteiger partial charge >= 0.3 is 5.97 Å². The van der Waals surface area contributed by atoms with Crippen LogP contribution in [0.15, 0.2) is 6.07 Å². The highest BCUT2D eigenvalue weighted by molar-refractivity contribution is 5.98. The van der Waals surface area contributed by atoms with Gasteiger partial charge in [-0.2, -0.15) is 0 Å².